The molecular weight excluding hydrogens is 152 g/mol. The molecule has 0 heterocycles. The van der Waals surface area contributed by atoms with Crippen LogP contribution >= 0.6 is 12.6 Å². The maximum absolute atomic E-state index is 10.7. The van der Waals surface area contributed by atoms with Gasteiger partial charge in [0.1, 0.15) is 6.04 Å². The Balaban J connectivity index is 3.42. The number of hydrogen-bond donors (Lipinski definition) is 4. The third kappa shape index (κ3) is 3.71. The lowest BCUT2D eigenvalue weighted by molar-refractivity contribution is -0.123. The van der Waals surface area contributed by atoms with E-state index in [1.807, 2.05) is 0 Å². The van der Waals surface area contributed by atoms with Gasteiger partial charge in [-0.2, -0.15) is 12.6 Å². The number of aliphatic hydroxyl groups is 1. The van der Waals surface area contributed by atoms with Crippen molar-refractivity contribution >= 4 is 18.5 Å². The predicted octanol–water partition coefficient (Wildman–Crippen LogP) is -1.65. The van der Waals surface area contributed by atoms with E-state index < -0.39 is 6.04 Å². The first-order valence-corrected chi connectivity index (χ1v) is 3.60. The quantitative estimate of drug-likeness (QED) is 0.376. The van der Waals surface area contributed by atoms with Crippen LogP contribution in [-0.4, -0.2) is 36.0 Å². The molecule has 0 rings (SSSR count). The minimum Gasteiger partial charge on any atom is -0.394 e. The van der Waals surface area contributed by atoms with Crippen LogP contribution in [-0.2, 0) is 4.79 Å². The maximum atomic E-state index is 10.7. The number of carbonyl (C=O) groups excluding carboxylic acids is 1. The highest BCUT2D eigenvalue weighted by molar-refractivity contribution is 7.80. The lowest BCUT2D eigenvalue weighted by atomic mass is 10.3. The first-order valence-electron chi connectivity index (χ1n) is 2.97. The first-order chi connectivity index (χ1) is 4.72. The molecule has 10 heavy (non-hydrogen) atoms. The Morgan fingerprint density at radius 2 is 2.40 bits per heavy atom. The Morgan fingerprint density at radius 3 is 2.80 bits per heavy atom. The molecule has 0 saturated heterocycles. The molecule has 4 N–H and O–H groups in total. The smallest absolute Gasteiger partial charge is 0.239 e. The summed E-state index contributed by atoms with van der Waals surface area (Å²) in [6.07, 6.45) is 0. The Hall–Kier alpha value is -0.260. The molecule has 5 heteroatoms. The van der Waals surface area contributed by atoms with Crippen molar-refractivity contribution in [1.29, 1.82) is 0 Å². The van der Waals surface area contributed by atoms with Crippen molar-refractivity contribution < 1.29 is 9.90 Å². The fourth-order valence-corrected chi connectivity index (χ4v) is 0.505. The number of carbonyl (C=O) groups is 1. The molecule has 0 aromatic rings. The second-order valence-corrected chi connectivity index (χ2v) is 2.25. The highest BCUT2D eigenvalue weighted by Gasteiger charge is 2.09. The minimum absolute atomic E-state index is 0.321. The number of rotatable bonds is 4. The average Bonchev–Trinajstić information content (AvgIpc) is 1.98. The van der Waals surface area contributed by atoms with Crippen molar-refractivity contribution in [2.45, 2.75) is 6.04 Å². The zero-order valence-electron chi connectivity index (χ0n) is 5.58. The van der Waals surface area contributed by atoms with Crippen LogP contribution in [0, 0.1) is 0 Å². The van der Waals surface area contributed by atoms with Gasteiger partial charge < -0.3 is 16.2 Å². The highest BCUT2D eigenvalue weighted by Crippen LogP contribution is 1.76. The third-order valence-corrected chi connectivity index (χ3v) is 1.17. The van der Waals surface area contributed by atoms with Gasteiger partial charge in [-0.05, 0) is 0 Å². The Morgan fingerprint density at radius 1 is 1.80 bits per heavy atom. The normalized spacial score (nSPS) is 12.7. The Kier molecular flexibility index (Phi) is 5.38. The molecular formula is C5H12N2O2S. The topological polar surface area (TPSA) is 75.3 Å². The van der Waals surface area contributed by atoms with Gasteiger partial charge in [0.2, 0.25) is 5.91 Å². The average molecular weight is 164 g/mol. The van der Waals surface area contributed by atoms with Crippen molar-refractivity contribution in [3.05, 3.63) is 0 Å². The molecule has 0 spiro atoms. The molecule has 4 nitrogen and oxygen atoms in total. The van der Waals surface area contributed by atoms with Gasteiger partial charge in [0, 0.05) is 12.3 Å². The van der Waals surface area contributed by atoms with Gasteiger partial charge >= 0.3 is 0 Å². The molecule has 0 aliphatic carbocycles. The van der Waals surface area contributed by atoms with Crippen LogP contribution in [0.15, 0.2) is 0 Å². The van der Waals surface area contributed by atoms with Gasteiger partial charge in [0.15, 0.2) is 0 Å². The van der Waals surface area contributed by atoms with Crippen LogP contribution in [0.5, 0.6) is 0 Å². The van der Waals surface area contributed by atoms with E-state index in [0.29, 0.717) is 12.3 Å². The van der Waals surface area contributed by atoms with Crippen molar-refractivity contribution in [2.75, 3.05) is 18.9 Å². The summed E-state index contributed by atoms with van der Waals surface area (Å²) in [5, 5.41) is 10.9. The minimum atomic E-state index is -0.806. The summed E-state index contributed by atoms with van der Waals surface area (Å²) >= 11 is 3.87. The number of nitrogens with two attached hydrogens (primary N) is 1. The van der Waals surface area contributed by atoms with E-state index in [1.54, 1.807) is 0 Å². The highest BCUT2D eigenvalue weighted by atomic mass is 32.1. The van der Waals surface area contributed by atoms with E-state index in [9.17, 15) is 4.79 Å². The zero-order valence-corrected chi connectivity index (χ0v) is 6.47. The second kappa shape index (κ2) is 5.52. The number of hydrogen-bond acceptors (Lipinski definition) is 4. The van der Waals surface area contributed by atoms with E-state index in [1.165, 1.54) is 0 Å². The van der Waals surface area contributed by atoms with Gasteiger partial charge in [0.25, 0.3) is 0 Å². The van der Waals surface area contributed by atoms with Crippen molar-refractivity contribution in [2.24, 2.45) is 5.73 Å². The second-order valence-electron chi connectivity index (χ2n) is 1.80. The lowest BCUT2D eigenvalue weighted by Crippen LogP contribution is -2.43. The molecule has 0 aliphatic heterocycles. The molecule has 0 radical (unpaired) electrons. The molecule has 1 amide bonds. The monoisotopic (exact) mass is 164 g/mol. The molecule has 0 unspecified atom stereocenters. The van der Waals surface area contributed by atoms with Crippen LogP contribution in [0.2, 0.25) is 0 Å². The van der Waals surface area contributed by atoms with E-state index in [2.05, 4.69) is 17.9 Å². The molecule has 0 aromatic carbocycles. The SMILES string of the molecule is N[C@@H](CO)C(=O)NCCS. The zero-order chi connectivity index (χ0) is 7.98. The van der Waals surface area contributed by atoms with Crippen molar-refractivity contribution in [1.82, 2.24) is 5.32 Å². The van der Waals surface area contributed by atoms with Crippen LogP contribution in [0.3, 0.4) is 0 Å². The fraction of sp³-hybridized carbons (Fsp3) is 0.800. The summed E-state index contributed by atoms with van der Waals surface area (Å²) < 4.78 is 0. The van der Waals surface area contributed by atoms with Gasteiger partial charge in [0.05, 0.1) is 6.61 Å². The van der Waals surface area contributed by atoms with Crippen LogP contribution in [0.25, 0.3) is 0 Å². The van der Waals surface area contributed by atoms with Crippen LogP contribution in [0.4, 0.5) is 0 Å². The molecule has 0 aliphatic rings. The summed E-state index contributed by atoms with van der Waals surface area (Å²) in [5.74, 6) is 0.237. The van der Waals surface area contributed by atoms with E-state index in [4.69, 9.17) is 10.8 Å². The van der Waals surface area contributed by atoms with Gasteiger partial charge in [-0.25, -0.2) is 0 Å². The molecule has 0 aromatic heterocycles. The Bertz CT molecular complexity index is 110. The summed E-state index contributed by atoms with van der Waals surface area (Å²) in [6, 6.07) is -0.806. The summed E-state index contributed by atoms with van der Waals surface area (Å²) in [4.78, 5) is 10.7. The molecule has 0 fully saturated rings. The molecule has 60 valence electrons. The number of nitrogens with one attached hydrogen (secondary N) is 1. The van der Waals surface area contributed by atoms with Gasteiger partial charge in [-0.3, -0.25) is 4.79 Å². The molecule has 0 bridgehead atoms. The number of aliphatic hydroxyl groups excluding tert-OH is 1. The van der Waals surface area contributed by atoms with Gasteiger partial charge in [-0.1, -0.05) is 0 Å². The third-order valence-electron chi connectivity index (χ3n) is 0.945. The standard InChI is InChI=1S/C5H12N2O2S/c6-4(3-8)5(9)7-1-2-10/h4,8,10H,1-3,6H2,(H,7,9)/t4-/m0/s1. The first kappa shape index (κ1) is 9.74. The summed E-state index contributed by atoms with van der Waals surface area (Å²) in [6.45, 7) is 0.161. The van der Waals surface area contributed by atoms with Gasteiger partial charge in [-0.15, -0.1) is 0 Å². The summed E-state index contributed by atoms with van der Waals surface area (Å²) in [5.41, 5.74) is 5.17. The van der Waals surface area contributed by atoms with E-state index in [0.717, 1.165) is 0 Å². The predicted molar refractivity (Wildman–Crippen MR) is 41.9 cm³/mol. The largest absolute Gasteiger partial charge is 0.394 e. The van der Waals surface area contributed by atoms with Crippen molar-refractivity contribution in [3.63, 3.8) is 0 Å². The molecule has 0 saturated carbocycles. The van der Waals surface area contributed by atoms with Crippen LogP contribution in [0.1, 0.15) is 0 Å². The van der Waals surface area contributed by atoms with E-state index >= 15 is 0 Å². The molecule has 1 atom stereocenters. The summed E-state index contributed by atoms with van der Waals surface area (Å²) in [7, 11) is 0. The van der Waals surface area contributed by atoms with E-state index in [-0.39, 0.29) is 12.5 Å². The Labute approximate surface area is 65.2 Å². The number of thiol groups is 1. The van der Waals surface area contributed by atoms with Crippen molar-refractivity contribution in [3.8, 4) is 0 Å². The lowest BCUT2D eigenvalue weighted by Gasteiger charge is -2.07. The fourth-order valence-electron chi connectivity index (χ4n) is 0.393. The van der Waals surface area contributed by atoms with Crippen LogP contribution < -0.4 is 11.1 Å². The maximum Gasteiger partial charge on any atom is 0.239 e. The number of amides is 1.